The van der Waals surface area contributed by atoms with Crippen LogP contribution in [0.5, 0.6) is 0 Å². The van der Waals surface area contributed by atoms with Crippen LogP contribution < -0.4 is 74.6 Å². The van der Waals surface area contributed by atoms with E-state index in [-0.39, 0.29) is 78.0 Å². The van der Waals surface area contributed by atoms with Crippen molar-refractivity contribution in [2.75, 3.05) is 12.3 Å². The van der Waals surface area contributed by atoms with Gasteiger partial charge in [0.1, 0.15) is 24.2 Å². The summed E-state index contributed by atoms with van der Waals surface area (Å²) in [6.07, 6.45) is 0.715. The molecular weight excluding hydrogens is 379 g/mol. The number of nitrogens with zero attached hydrogens (tertiary/aromatic N) is 4. The summed E-state index contributed by atoms with van der Waals surface area (Å²) in [4.78, 5) is 33.7. The van der Waals surface area contributed by atoms with Crippen LogP contribution in [0.2, 0.25) is 0 Å². The van der Waals surface area contributed by atoms with E-state index in [1.165, 1.54) is 12.7 Å². The second-order valence-corrected chi connectivity index (χ2v) is 7.25. The Kier molecular flexibility index (Phi) is 8.69. The molecule has 10 nitrogen and oxygen atoms in total. The van der Waals surface area contributed by atoms with E-state index in [0.717, 1.165) is 0 Å². The van der Waals surface area contributed by atoms with E-state index in [1.807, 2.05) is 0 Å². The van der Waals surface area contributed by atoms with Crippen LogP contribution in [0.25, 0.3) is 11.2 Å². The number of anilines is 1. The summed E-state index contributed by atoms with van der Waals surface area (Å²) in [7, 11) is 0. The van der Waals surface area contributed by atoms with Gasteiger partial charge in [-0.25, -0.2) is 15.0 Å². The molecule has 2 aromatic rings. The molecular formula is C10H12N5Na2O5PS. The number of hydrogen-bond acceptors (Lipinski definition) is 10. The van der Waals surface area contributed by atoms with Gasteiger partial charge in [0.15, 0.2) is 11.5 Å². The Bertz CT molecular complexity index is 745. The Morgan fingerprint density at radius 1 is 1.42 bits per heavy atom. The number of aliphatic hydroxyl groups is 1. The molecule has 0 radical (unpaired) electrons. The normalized spacial score (nSPS) is 23.7. The van der Waals surface area contributed by atoms with Gasteiger partial charge in [0, 0.05) is 6.42 Å². The standard InChI is InChI=1S/C10H14N5O5PS.2Na/c11-9-8-10(13-3-12-9)15(4-14-8)7-1-5(16)6(20-7)2-19-21(17,18)22;;/h3-7,16H,1-2H2,(H2,11,12,13)(H2,17,18,22);;/q;2*+1/p-2/t5-,6+,7+;;/m0../s1. The smallest absolute Gasteiger partial charge is 0.812 e. The molecule has 0 unspecified atom stereocenters. The Morgan fingerprint density at radius 3 is 2.79 bits per heavy atom. The molecule has 0 spiro atoms. The predicted molar refractivity (Wildman–Crippen MR) is 74.5 cm³/mol. The third kappa shape index (κ3) is 5.17. The van der Waals surface area contributed by atoms with Crippen LogP contribution in [0.4, 0.5) is 5.82 Å². The maximum atomic E-state index is 10.9. The Balaban J connectivity index is 0.00000144. The minimum atomic E-state index is -4.28. The number of rotatable bonds is 4. The van der Waals surface area contributed by atoms with Gasteiger partial charge in [-0.1, -0.05) is 6.72 Å². The molecule has 2 aromatic heterocycles. The number of aliphatic hydroxyl groups excluding tert-OH is 1. The number of hydrogen-bond donors (Lipinski definition) is 2. The van der Waals surface area contributed by atoms with Gasteiger partial charge in [-0.05, 0) is 0 Å². The SMILES string of the molecule is Nc1ncnc2c1ncn2[C@H]1C[C@H](O)[C@@H](COP([O-])([O-])=S)O1.[Na+].[Na+]. The van der Waals surface area contributed by atoms with Crippen molar-refractivity contribution >= 4 is 35.5 Å². The van der Waals surface area contributed by atoms with Crippen molar-refractivity contribution in [3.63, 3.8) is 0 Å². The number of imidazole rings is 1. The van der Waals surface area contributed by atoms with E-state index in [1.54, 1.807) is 4.57 Å². The number of fused-ring (bicyclic) bond motifs is 1. The Hall–Kier alpha value is 0.800. The summed E-state index contributed by atoms with van der Waals surface area (Å²) in [5.41, 5.74) is 6.59. The minimum Gasteiger partial charge on any atom is -0.812 e. The third-order valence-electron chi connectivity index (χ3n) is 3.30. The minimum absolute atomic E-state index is 0. The van der Waals surface area contributed by atoms with Crippen molar-refractivity contribution in [2.45, 2.75) is 24.9 Å². The quantitative estimate of drug-likeness (QED) is 0.379. The molecule has 3 atom stereocenters. The molecule has 14 heteroatoms. The fraction of sp³-hybridized carbons (Fsp3) is 0.500. The summed E-state index contributed by atoms with van der Waals surface area (Å²) in [6.45, 7) is -4.63. The van der Waals surface area contributed by atoms with Crippen LogP contribution in [0, 0.1) is 0 Å². The molecule has 0 saturated carbocycles. The monoisotopic (exact) mass is 391 g/mol. The first-order chi connectivity index (χ1) is 10.3. The maximum Gasteiger partial charge on any atom is 1.00 e. The first-order valence-corrected chi connectivity index (χ1v) is 8.84. The van der Waals surface area contributed by atoms with Crippen molar-refractivity contribution in [2.24, 2.45) is 0 Å². The number of nitrogen functional groups attached to an aromatic ring is 1. The molecule has 3 N–H and O–H groups in total. The molecule has 1 fully saturated rings. The van der Waals surface area contributed by atoms with Gasteiger partial charge in [0.2, 0.25) is 0 Å². The molecule has 0 bridgehead atoms. The van der Waals surface area contributed by atoms with Gasteiger partial charge in [0.05, 0.1) is 19.0 Å². The molecule has 3 rings (SSSR count). The van der Waals surface area contributed by atoms with Crippen molar-refractivity contribution in [1.29, 1.82) is 0 Å². The van der Waals surface area contributed by atoms with Crippen LogP contribution in [0.15, 0.2) is 12.7 Å². The fourth-order valence-corrected chi connectivity index (χ4v) is 2.79. The van der Waals surface area contributed by atoms with E-state index in [9.17, 15) is 14.9 Å². The molecule has 3 heterocycles. The zero-order chi connectivity index (χ0) is 15.9. The van der Waals surface area contributed by atoms with Gasteiger partial charge in [0.25, 0.3) is 0 Å². The van der Waals surface area contributed by atoms with Crippen LogP contribution in [-0.2, 0) is 21.1 Å². The third-order valence-corrected chi connectivity index (χ3v) is 4.08. The summed E-state index contributed by atoms with van der Waals surface area (Å²) in [5.74, 6) is 0.237. The van der Waals surface area contributed by atoms with Gasteiger partial charge in [-0.15, -0.1) is 11.8 Å². The van der Waals surface area contributed by atoms with Crippen LogP contribution in [-0.4, -0.2) is 43.4 Å². The maximum absolute atomic E-state index is 10.9. The van der Waals surface area contributed by atoms with Crippen molar-refractivity contribution in [1.82, 2.24) is 19.5 Å². The molecule has 120 valence electrons. The second-order valence-electron chi connectivity index (χ2n) is 4.76. The first kappa shape index (κ1) is 22.8. The van der Waals surface area contributed by atoms with E-state index in [0.29, 0.717) is 11.2 Å². The van der Waals surface area contributed by atoms with Crippen LogP contribution >= 0.6 is 6.72 Å². The van der Waals surface area contributed by atoms with E-state index < -0.39 is 25.2 Å². The molecule has 0 aliphatic carbocycles. The Labute approximate surface area is 186 Å². The zero-order valence-electron chi connectivity index (χ0n) is 13.1. The fourth-order valence-electron chi connectivity index (χ4n) is 2.28. The van der Waals surface area contributed by atoms with E-state index in [2.05, 4.69) is 31.3 Å². The summed E-state index contributed by atoms with van der Waals surface area (Å²) in [6, 6.07) is 0. The van der Waals surface area contributed by atoms with Crippen LogP contribution in [0.3, 0.4) is 0 Å². The number of ether oxygens (including phenoxy) is 1. The zero-order valence-corrected chi connectivity index (χ0v) is 18.8. The second kappa shape index (κ2) is 9.14. The first-order valence-electron chi connectivity index (χ1n) is 6.28. The average molecular weight is 391 g/mol. The topological polar surface area (TPSA) is 154 Å². The Morgan fingerprint density at radius 2 is 2.12 bits per heavy atom. The average Bonchev–Trinajstić information content (AvgIpc) is 3.00. The summed E-state index contributed by atoms with van der Waals surface area (Å²) >= 11 is 4.14. The summed E-state index contributed by atoms with van der Waals surface area (Å²) in [5, 5.41) is 9.96. The van der Waals surface area contributed by atoms with Gasteiger partial charge >= 0.3 is 59.1 Å². The molecule has 1 saturated heterocycles. The van der Waals surface area contributed by atoms with E-state index in [4.69, 9.17) is 10.5 Å². The predicted octanol–water partition coefficient (Wildman–Crippen LogP) is -7.97. The number of nitrogens with two attached hydrogens (primary N) is 1. The number of aromatic nitrogens is 4. The van der Waals surface area contributed by atoms with Crippen LogP contribution in [0.1, 0.15) is 12.6 Å². The molecule has 24 heavy (non-hydrogen) atoms. The molecule has 1 aliphatic rings. The van der Waals surface area contributed by atoms with Crippen molar-refractivity contribution in [3.05, 3.63) is 12.7 Å². The summed E-state index contributed by atoms with van der Waals surface area (Å²) < 4.78 is 11.7. The van der Waals surface area contributed by atoms with Crippen molar-refractivity contribution in [3.8, 4) is 0 Å². The molecule has 0 amide bonds. The van der Waals surface area contributed by atoms with E-state index >= 15 is 0 Å². The van der Waals surface area contributed by atoms with Gasteiger partial charge in [-0.3, -0.25) is 4.57 Å². The van der Waals surface area contributed by atoms with Crippen molar-refractivity contribution < 1.29 is 83.3 Å². The van der Waals surface area contributed by atoms with Gasteiger partial charge in [-0.2, -0.15) is 0 Å². The molecule has 0 aromatic carbocycles. The molecule has 1 aliphatic heterocycles. The van der Waals surface area contributed by atoms with Gasteiger partial charge < -0.3 is 29.9 Å². The largest absolute Gasteiger partial charge is 1.00 e.